The Morgan fingerprint density at radius 1 is 0.400 bits per heavy atom. The van der Waals surface area contributed by atoms with Crippen LogP contribution in [0.25, 0.3) is 0 Å². The molecule has 6 aromatic rings. The Morgan fingerprint density at radius 2 is 0.643 bits per heavy atom. The molecule has 6 aromatic carbocycles. The normalized spacial score (nSPS) is 19.2. The molecule has 0 bridgehead atoms. The number of hydrogen-bond acceptors (Lipinski definition) is 2. The van der Waals surface area contributed by atoms with E-state index < -0.39 is 20.3 Å². The number of aryl methyl sites for hydroxylation is 4. The molecule has 0 aromatic heterocycles. The van der Waals surface area contributed by atoms with Crippen LogP contribution >= 0.6 is 0 Å². The van der Waals surface area contributed by atoms with Gasteiger partial charge in [0.25, 0.3) is 12.5 Å². The number of nitrogens with zero attached hydrogens (tertiary/aromatic N) is 2. The summed E-state index contributed by atoms with van der Waals surface area (Å²) in [5, 5.41) is 0. The molecule has 2 aliphatic rings. The molecule has 2 unspecified atom stereocenters. The Hall–Kier alpha value is -5.27. The molecule has 1 aliphatic heterocycles. The number of rotatable bonds is 14. The Bertz CT molecular complexity index is 2230. The van der Waals surface area contributed by atoms with Gasteiger partial charge in [-0.2, -0.15) is 0 Å². The van der Waals surface area contributed by atoms with Crippen molar-refractivity contribution in [1.82, 2.24) is 0 Å². The molecule has 1 saturated heterocycles. The average molecular weight is 973 g/mol. The summed E-state index contributed by atoms with van der Waals surface area (Å²) >= 11 is 0. The van der Waals surface area contributed by atoms with E-state index in [2.05, 4.69) is 200 Å². The van der Waals surface area contributed by atoms with Gasteiger partial charge in [0.2, 0.25) is 0 Å². The lowest BCUT2D eigenvalue weighted by molar-refractivity contribution is -1.04. The summed E-state index contributed by atoms with van der Waals surface area (Å²) in [4.78, 5) is 0. The first-order valence-corrected chi connectivity index (χ1v) is 24.1. The van der Waals surface area contributed by atoms with Crippen LogP contribution < -0.4 is 0 Å². The van der Waals surface area contributed by atoms with Crippen molar-refractivity contribution in [2.75, 3.05) is 14.1 Å². The van der Waals surface area contributed by atoms with Gasteiger partial charge < -0.3 is 34.5 Å². The molecule has 1 spiro atoms. The molecule has 1 aliphatic carbocycles. The van der Waals surface area contributed by atoms with Gasteiger partial charge in [0.05, 0.1) is 14.1 Å². The maximum Gasteiger partial charge on any atom is 0.673 e. The minimum atomic E-state index is -6.00. The van der Waals surface area contributed by atoms with E-state index in [-0.39, 0.29) is 24.3 Å². The summed E-state index contributed by atoms with van der Waals surface area (Å²) in [6.45, 7) is 12.0. The Morgan fingerprint density at radius 3 is 0.886 bits per heavy atom. The second kappa shape index (κ2) is 23.3. The lowest BCUT2D eigenvalue weighted by Gasteiger charge is -2.46. The summed E-state index contributed by atoms with van der Waals surface area (Å²) < 4.78 is 95.8. The fraction of sp³-hybridized carbons (Fsp3) is 0.357. The summed E-state index contributed by atoms with van der Waals surface area (Å²) in [6, 6.07) is 58.9. The summed E-state index contributed by atoms with van der Waals surface area (Å²) in [5.74, 6) is -0.414. The standard InChI is InChI=1S/C56H66N2O2.2BF4/c1-42-20-28-48(29-21-42)38-57(5,39-49-30-22-43(2)23-31-49)54-55(58(6,40-50-32-24-44(3)25-33-50)41-51-34-26-45(4)27-35-51)60-56(59-54)52(36-46-14-9-7-10-15-46)18-13-19-53(56)37-47-16-11-8-12-17-47;2*2-1(3,4)5/h7-12,14-17,20-35,52-55H,13,18-19,36-41H2,1-6H3;;/q+2;2*-1/t52?,53?,54-,55-;;/m1../s1. The second-order valence-corrected chi connectivity index (χ2v) is 20.0. The van der Waals surface area contributed by atoms with Gasteiger partial charge in [0.15, 0.2) is 5.79 Å². The van der Waals surface area contributed by atoms with Crippen LogP contribution in [0.4, 0.5) is 34.5 Å². The van der Waals surface area contributed by atoms with E-state index in [1.165, 1.54) is 55.6 Å². The van der Waals surface area contributed by atoms with E-state index in [1.807, 2.05) is 0 Å². The number of quaternary nitrogens is 2. The minimum absolute atomic E-state index is 0.189. The van der Waals surface area contributed by atoms with Gasteiger partial charge in [0.1, 0.15) is 26.2 Å². The second-order valence-electron chi connectivity index (χ2n) is 20.0. The largest absolute Gasteiger partial charge is 0.673 e. The predicted octanol–water partition coefficient (Wildman–Crippen LogP) is 14.8. The van der Waals surface area contributed by atoms with Crippen molar-refractivity contribution in [2.24, 2.45) is 11.8 Å². The minimum Gasteiger partial charge on any atom is -0.418 e. The lowest BCUT2D eigenvalue weighted by Crippen LogP contribution is -2.64. The zero-order chi connectivity index (χ0) is 50.7. The number of halogens is 8. The van der Waals surface area contributed by atoms with Gasteiger partial charge in [0, 0.05) is 34.1 Å². The van der Waals surface area contributed by atoms with Crippen molar-refractivity contribution in [3.63, 3.8) is 0 Å². The number of likely N-dealkylation sites (N-methyl/N-ethyl adjacent to an activating group) is 2. The van der Waals surface area contributed by atoms with Gasteiger partial charge in [-0.15, -0.1) is 0 Å². The quantitative estimate of drug-likeness (QED) is 0.0615. The summed E-state index contributed by atoms with van der Waals surface area (Å²) in [7, 11) is -7.10. The molecule has 1 heterocycles. The molecule has 0 amide bonds. The summed E-state index contributed by atoms with van der Waals surface area (Å²) in [5.41, 5.74) is 13.1. The van der Waals surface area contributed by atoms with E-state index in [4.69, 9.17) is 9.47 Å². The van der Waals surface area contributed by atoms with Gasteiger partial charge in [-0.05, 0) is 64.5 Å². The van der Waals surface area contributed by atoms with E-state index in [1.54, 1.807) is 0 Å². The Balaban J connectivity index is 0.000000731. The molecular weight excluding hydrogens is 906 g/mol. The highest BCUT2D eigenvalue weighted by molar-refractivity contribution is 6.50. The Kier molecular flexibility index (Phi) is 18.0. The number of hydrogen-bond donors (Lipinski definition) is 0. The van der Waals surface area contributed by atoms with Crippen LogP contribution in [0.1, 0.15) is 74.9 Å². The van der Waals surface area contributed by atoms with Crippen molar-refractivity contribution < 1.29 is 53.0 Å². The monoisotopic (exact) mass is 973 g/mol. The summed E-state index contributed by atoms with van der Waals surface area (Å²) in [6.07, 6.45) is 4.59. The molecule has 374 valence electrons. The SMILES string of the molecule is Cc1ccc(C[N+](C)(Cc2ccc(C)cc2)[C@@H]2OC3(O[C@H]2[N+](C)(Cc2ccc(C)cc2)Cc2ccc(C)cc2)C(Cc2ccccc2)CCCC3Cc2ccccc2)cc1.F[B-](F)(F)F.F[B-](F)(F)F. The molecule has 2 fully saturated rings. The molecule has 4 nitrogen and oxygen atoms in total. The molecule has 8 rings (SSSR count). The molecular formula is C56H66B2F8N2O2. The first-order chi connectivity index (χ1) is 33.0. The zero-order valence-electron chi connectivity index (χ0n) is 41.1. The topological polar surface area (TPSA) is 18.5 Å². The number of benzene rings is 6. The maximum atomic E-state index is 9.75. The van der Waals surface area contributed by atoms with Crippen molar-refractivity contribution in [3.05, 3.63) is 213 Å². The van der Waals surface area contributed by atoms with Gasteiger partial charge in [-0.25, -0.2) is 0 Å². The van der Waals surface area contributed by atoms with Crippen LogP contribution in [0.2, 0.25) is 0 Å². The molecule has 14 heteroatoms. The van der Waals surface area contributed by atoms with Crippen LogP contribution in [0.5, 0.6) is 0 Å². The van der Waals surface area contributed by atoms with Crippen LogP contribution in [-0.2, 0) is 48.5 Å². The highest BCUT2D eigenvalue weighted by Crippen LogP contribution is 2.53. The maximum absolute atomic E-state index is 9.75. The third-order valence-electron chi connectivity index (χ3n) is 13.6. The van der Waals surface area contributed by atoms with Gasteiger partial charge >= 0.3 is 14.5 Å². The molecule has 0 radical (unpaired) electrons. The fourth-order valence-electron chi connectivity index (χ4n) is 10.3. The van der Waals surface area contributed by atoms with Gasteiger partial charge in [-0.1, -0.05) is 186 Å². The van der Waals surface area contributed by atoms with E-state index >= 15 is 0 Å². The van der Waals surface area contributed by atoms with Crippen molar-refractivity contribution in [2.45, 2.75) is 104 Å². The highest BCUT2D eigenvalue weighted by atomic mass is 19.5. The van der Waals surface area contributed by atoms with E-state index in [0.717, 1.165) is 58.3 Å². The van der Waals surface area contributed by atoms with Crippen LogP contribution in [-0.4, -0.2) is 55.8 Å². The fourth-order valence-corrected chi connectivity index (χ4v) is 10.3. The Labute approximate surface area is 409 Å². The van der Waals surface area contributed by atoms with Crippen LogP contribution in [0.3, 0.4) is 0 Å². The van der Waals surface area contributed by atoms with Crippen molar-refractivity contribution >= 4 is 14.5 Å². The van der Waals surface area contributed by atoms with E-state index in [9.17, 15) is 34.5 Å². The first kappa shape index (κ1) is 54.1. The number of ether oxygens (including phenoxy) is 2. The van der Waals surface area contributed by atoms with E-state index in [0.29, 0.717) is 8.97 Å². The smallest absolute Gasteiger partial charge is 0.418 e. The molecule has 70 heavy (non-hydrogen) atoms. The molecule has 1 saturated carbocycles. The molecule has 4 atom stereocenters. The first-order valence-electron chi connectivity index (χ1n) is 24.1. The van der Waals surface area contributed by atoms with Crippen molar-refractivity contribution in [3.8, 4) is 0 Å². The van der Waals surface area contributed by atoms with Crippen molar-refractivity contribution in [1.29, 1.82) is 0 Å². The van der Waals surface area contributed by atoms with Crippen LogP contribution in [0, 0.1) is 39.5 Å². The third kappa shape index (κ3) is 15.9. The molecule has 0 N–H and O–H groups in total. The third-order valence-corrected chi connectivity index (χ3v) is 13.6. The zero-order valence-corrected chi connectivity index (χ0v) is 41.1. The lowest BCUT2D eigenvalue weighted by atomic mass is 9.71. The van der Waals surface area contributed by atoms with Crippen LogP contribution in [0.15, 0.2) is 158 Å². The highest BCUT2D eigenvalue weighted by Gasteiger charge is 2.67. The average Bonchev–Trinajstić information content (AvgIpc) is 3.71. The van der Waals surface area contributed by atoms with Gasteiger partial charge in [-0.3, -0.25) is 18.4 Å². The predicted molar refractivity (Wildman–Crippen MR) is 266 cm³/mol.